The molecule has 0 aliphatic rings. The summed E-state index contributed by atoms with van der Waals surface area (Å²) < 4.78 is 0. The Morgan fingerprint density at radius 2 is 2.29 bits per heavy atom. The Balaban J connectivity index is 3.58. The van der Waals surface area contributed by atoms with Crippen LogP contribution in [0.15, 0.2) is 16.8 Å². The first kappa shape index (κ1) is 6.21. The van der Waals surface area contributed by atoms with Gasteiger partial charge in [-0.15, -0.1) is 0 Å². The third-order valence-electron chi connectivity index (χ3n) is 0.717. The molecule has 0 saturated heterocycles. The van der Waals surface area contributed by atoms with Gasteiger partial charge in [0.2, 0.25) is 0 Å². The second-order valence-corrected chi connectivity index (χ2v) is 1.28. The zero-order valence-corrected chi connectivity index (χ0v) is 4.55. The van der Waals surface area contributed by atoms with E-state index in [1.165, 1.54) is 6.21 Å². The van der Waals surface area contributed by atoms with E-state index in [4.69, 9.17) is 5.21 Å². The number of hydrogen-bond acceptors (Lipinski definition) is 2. The predicted molar refractivity (Wildman–Crippen MR) is 29.7 cm³/mol. The molecule has 0 amide bonds. The van der Waals surface area contributed by atoms with Gasteiger partial charge in [-0.3, -0.25) is 0 Å². The van der Waals surface area contributed by atoms with Gasteiger partial charge in [-0.05, 0) is 19.4 Å². The Hall–Kier alpha value is -0.790. The molecule has 0 rings (SSSR count). The van der Waals surface area contributed by atoms with Crippen LogP contribution in [0.3, 0.4) is 0 Å². The molecule has 0 atom stereocenters. The van der Waals surface area contributed by atoms with Crippen LogP contribution in [0.5, 0.6) is 0 Å². The first-order valence-electron chi connectivity index (χ1n) is 2.11. The summed E-state index contributed by atoms with van der Waals surface area (Å²) in [5.74, 6) is 0. The molecule has 0 unspecified atom stereocenters. The Morgan fingerprint density at radius 3 is 2.43 bits per heavy atom. The molecule has 1 N–H and O–H groups in total. The second kappa shape index (κ2) is 3.40. The summed E-state index contributed by atoms with van der Waals surface area (Å²) in [7, 11) is 0. The minimum absolute atomic E-state index is 0.961. The Bertz CT molecular complexity index is 94.3. The highest BCUT2D eigenvalue weighted by Crippen LogP contribution is 1.82. The van der Waals surface area contributed by atoms with Crippen LogP contribution in [0.25, 0.3) is 0 Å². The Kier molecular flexibility index (Phi) is 3.02. The zero-order chi connectivity index (χ0) is 5.70. The fraction of sp³-hybridized carbons (Fsp3) is 0.400. The van der Waals surface area contributed by atoms with Crippen molar-refractivity contribution in [2.75, 3.05) is 0 Å². The van der Waals surface area contributed by atoms with Gasteiger partial charge < -0.3 is 5.21 Å². The average molecular weight is 99.1 g/mol. The van der Waals surface area contributed by atoms with Crippen molar-refractivity contribution in [2.24, 2.45) is 5.16 Å². The van der Waals surface area contributed by atoms with Gasteiger partial charge in [0, 0.05) is 0 Å². The van der Waals surface area contributed by atoms with E-state index < -0.39 is 0 Å². The van der Waals surface area contributed by atoms with Crippen molar-refractivity contribution in [2.45, 2.75) is 13.8 Å². The zero-order valence-electron chi connectivity index (χ0n) is 4.55. The summed E-state index contributed by atoms with van der Waals surface area (Å²) in [6, 6.07) is 0. The fourth-order valence-electron chi connectivity index (χ4n) is 0.166. The highest BCUT2D eigenvalue weighted by molar-refractivity contribution is 5.76. The van der Waals surface area contributed by atoms with Crippen molar-refractivity contribution in [3.8, 4) is 0 Å². The van der Waals surface area contributed by atoms with Gasteiger partial charge in [0.05, 0.1) is 6.21 Å². The molecule has 7 heavy (non-hydrogen) atoms. The lowest BCUT2D eigenvalue weighted by molar-refractivity contribution is 0.321. The Morgan fingerprint density at radius 1 is 1.71 bits per heavy atom. The van der Waals surface area contributed by atoms with Gasteiger partial charge >= 0.3 is 0 Å². The summed E-state index contributed by atoms with van der Waals surface area (Å²) in [6.07, 6.45) is 3.25. The van der Waals surface area contributed by atoms with Crippen LogP contribution in [0.1, 0.15) is 13.8 Å². The standard InChI is InChI=1S/C5H9NO/c1-3-5(2)4-6-7/h3-4,7H,1-2H3/b5-3+,6-4-. The molecule has 0 radical (unpaired) electrons. The minimum atomic E-state index is 0.961. The third-order valence-corrected chi connectivity index (χ3v) is 0.717. The molecule has 0 saturated carbocycles. The van der Waals surface area contributed by atoms with Crippen molar-refractivity contribution < 1.29 is 5.21 Å². The molecule has 40 valence electrons. The molecule has 0 bridgehead atoms. The highest BCUT2D eigenvalue weighted by Gasteiger charge is 1.72. The smallest absolute Gasteiger partial charge is 0.0687 e. The molecular formula is C5H9NO. The molecule has 0 aromatic rings. The lowest BCUT2D eigenvalue weighted by Gasteiger charge is -1.79. The number of oxime groups is 1. The molecule has 0 heterocycles. The van der Waals surface area contributed by atoms with Crippen LogP contribution >= 0.6 is 0 Å². The third kappa shape index (κ3) is 3.03. The topological polar surface area (TPSA) is 32.6 Å². The summed E-state index contributed by atoms with van der Waals surface area (Å²) in [5, 5.41) is 10.7. The molecule has 0 aliphatic heterocycles. The lowest BCUT2D eigenvalue weighted by atomic mass is 10.3. The Labute approximate surface area is 43.2 Å². The molecule has 0 spiro atoms. The van der Waals surface area contributed by atoms with Crippen LogP contribution in [-0.2, 0) is 0 Å². The van der Waals surface area contributed by atoms with E-state index in [1.54, 1.807) is 0 Å². The molecule has 0 aliphatic carbocycles. The maximum Gasteiger partial charge on any atom is 0.0687 e. The van der Waals surface area contributed by atoms with Crippen LogP contribution in [0.2, 0.25) is 0 Å². The molecular weight excluding hydrogens is 90.1 g/mol. The van der Waals surface area contributed by atoms with Crippen molar-refractivity contribution in [3.05, 3.63) is 11.6 Å². The van der Waals surface area contributed by atoms with Crippen molar-refractivity contribution >= 4 is 6.21 Å². The molecule has 0 aromatic carbocycles. The maximum absolute atomic E-state index is 7.90. The number of allylic oxidation sites excluding steroid dienone is 2. The van der Waals surface area contributed by atoms with Crippen LogP contribution in [0, 0.1) is 0 Å². The van der Waals surface area contributed by atoms with Gasteiger partial charge in [-0.2, -0.15) is 0 Å². The SMILES string of the molecule is C/C=C(C)/C=N\O. The van der Waals surface area contributed by atoms with Gasteiger partial charge in [-0.1, -0.05) is 11.2 Å². The predicted octanol–water partition coefficient (Wildman–Crippen LogP) is 1.41. The number of hydrogen-bond donors (Lipinski definition) is 1. The van der Waals surface area contributed by atoms with E-state index in [2.05, 4.69) is 5.16 Å². The number of nitrogens with zero attached hydrogens (tertiary/aromatic N) is 1. The summed E-state index contributed by atoms with van der Waals surface area (Å²) in [4.78, 5) is 0. The first-order valence-corrected chi connectivity index (χ1v) is 2.11. The first-order chi connectivity index (χ1) is 3.31. The quantitative estimate of drug-likeness (QED) is 0.301. The average Bonchev–Trinajstić information content (AvgIpc) is 1.68. The van der Waals surface area contributed by atoms with Crippen molar-refractivity contribution in [3.63, 3.8) is 0 Å². The van der Waals surface area contributed by atoms with E-state index in [0.717, 1.165) is 5.57 Å². The van der Waals surface area contributed by atoms with E-state index in [0.29, 0.717) is 0 Å². The van der Waals surface area contributed by atoms with E-state index >= 15 is 0 Å². The van der Waals surface area contributed by atoms with E-state index in [-0.39, 0.29) is 0 Å². The monoisotopic (exact) mass is 99.1 g/mol. The van der Waals surface area contributed by atoms with E-state index in [9.17, 15) is 0 Å². The fourth-order valence-corrected chi connectivity index (χ4v) is 0.166. The van der Waals surface area contributed by atoms with Crippen LogP contribution in [-0.4, -0.2) is 11.4 Å². The second-order valence-electron chi connectivity index (χ2n) is 1.28. The molecule has 0 fully saturated rings. The molecule has 0 aromatic heterocycles. The van der Waals surface area contributed by atoms with Gasteiger partial charge in [0.25, 0.3) is 0 Å². The summed E-state index contributed by atoms with van der Waals surface area (Å²) in [5.41, 5.74) is 0.961. The van der Waals surface area contributed by atoms with Crippen LogP contribution < -0.4 is 0 Å². The van der Waals surface area contributed by atoms with Gasteiger partial charge in [-0.25, -0.2) is 0 Å². The number of rotatable bonds is 1. The van der Waals surface area contributed by atoms with Gasteiger partial charge in [0.1, 0.15) is 0 Å². The van der Waals surface area contributed by atoms with Crippen LogP contribution in [0.4, 0.5) is 0 Å². The normalized spacial score (nSPS) is 13.1. The van der Waals surface area contributed by atoms with Crippen molar-refractivity contribution in [1.29, 1.82) is 0 Å². The summed E-state index contributed by atoms with van der Waals surface area (Å²) >= 11 is 0. The minimum Gasteiger partial charge on any atom is -0.411 e. The maximum atomic E-state index is 7.90. The van der Waals surface area contributed by atoms with E-state index in [1.807, 2.05) is 19.9 Å². The van der Waals surface area contributed by atoms with Gasteiger partial charge in [0.15, 0.2) is 0 Å². The molecule has 2 nitrogen and oxygen atoms in total. The highest BCUT2D eigenvalue weighted by atomic mass is 16.4. The summed E-state index contributed by atoms with van der Waals surface area (Å²) in [6.45, 7) is 3.75. The van der Waals surface area contributed by atoms with Crippen molar-refractivity contribution in [1.82, 2.24) is 0 Å². The largest absolute Gasteiger partial charge is 0.411 e. The molecule has 2 heteroatoms. The lowest BCUT2D eigenvalue weighted by Crippen LogP contribution is -1.72.